The van der Waals surface area contributed by atoms with E-state index in [-0.39, 0.29) is 12.0 Å². The van der Waals surface area contributed by atoms with E-state index in [1.165, 1.54) is 0 Å². The van der Waals surface area contributed by atoms with Crippen LogP contribution in [0.15, 0.2) is 0 Å². The second kappa shape index (κ2) is 9.06. The zero-order valence-corrected chi connectivity index (χ0v) is 14.4. The second-order valence-electron chi connectivity index (χ2n) is 6.59. The Balaban J connectivity index is 5.26. The molecular weight excluding hydrogens is 268 g/mol. The highest BCUT2D eigenvalue weighted by Crippen LogP contribution is 2.37. The number of hydrogen-bond acceptors (Lipinski definition) is 3. The molecule has 2 atom stereocenters. The molecule has 0 heterocycles. The topological polar surface area (TPSA) is 63.6 Å². The molecule has 0 radical (unpaired) electrons. The van der Waals surface area contributed by atoms with Crippen molar-refractivity contribution in [3.05, 3.63) is 0 Å². The van der Waals surface area contributed by atoms with E-state index in [2.05, 4.69) is 0 Å². The van der Waals surface area contributed by atoms with Gasteiger partial charge in [0, 0.05) is 0 Å². The van der Waals surface area contributed by atoms with Crippen LogP contribution in [-0.4, -0.2) is 23.1 Å². The zero-order chi connectivity index (χ0) is 16.6. The van der Waals surface area contributed by atoms with Crippen molar-refractivity contribution in [2.24, 2.45) is 17.3 Å². The number of ether oxygens (including phenoxy) is 1. The number of hydrogen-bond donors (Lipinski definition) is 1. The summed E-state index contributed by atoms with van der Waals surface area (Å²) in [6, 6.07) is 0. The van der Waals surface area contributed by atoms with Crippen LogP contribution in [0.3, 0.4) is 0 Å². The molecule has 0 aliphatic carbocycles. The van der Waals surface area contributed by atoms with E-state index in [1.807, 2.05) is 27.7 Å². The van der Waals surface area contributed by atoms with Crippen LogP contribution in [0.1, 0.15) is 73.6 Å². The smallest absolute Gasteiger partial charge is 0.324 e. The minimum Gasteiger partial charge on any atom is -0.480 e. The van der Waals surface area contributed by atoms with E-state index in [0.717, 1.165) is 19.3 Å². The highest BCUT2D eigenvalue weighted by Gasteiger charge is 2.50. The van der Waals surface area contributed by atoms with E-state index in [0.29, 0.717) is 18.8 Å². The average molecular weight is 300 g/mol. The van der Waals surface area contributed by atoms with Crippen molar-refractivity contribution in [1.29, 1.82) is 0 Å². The van der Waals surface area contributed by atoms with Gasteiger partial charge in [-0.25, -0.2) is 0 Å². The Morgan fingerprint density at radius 3 is 2.00 bits per heavy atom. The van der Waals surface area contributed by atoms with Gasteiger partial charge in [0.25, 0.3) is 0 Å². The minimum atomic E-state index is -1.43. The summed E-state index contributed by atoms with van der Waals surface area (Å²) in [5.41, 5.74) is -1.43. The molecule has 0 aliphatic rings. The number of esters is 1. The lowest BCUT2D eigenvalue weighted by molar-refractivity contribution is -0.177. The Labute approximate surface area is 129 Å². The molecule has 124 valence electrons. The molecular formula is C17H32O4. The van der Waals surface area contributed by atoms with Crippen LogP contribution < -0.4 is 0 Å². The van der Waals surface area contributed by atoms with Crippen LogP contribution in [-0.2, 0) is 14.3 Å². The third-order valence-electron chi connectivity index (χ3n) is 4.19. The predicted octanol–water partition coefficient (Wildman–Crippen LogP) is 4.27. The van der Waals surface area contributed by atoms with Gasteiger partial charge in [-0.3, -0.25) is 9.59 Å². The van der Waals surface area contributed by atoms with Gasteiger partial charge in [0.2, 0.25) is 0 Å². The van der Waals surface area contributed by atoms with E-state index in [1.54, 1.807) is 13.8 Å². The number of carboxylic acids is 1. The van der Waals surface area contributed by atoms with Gasteiger partial charge in [-0.15, -0.1) is 0 Å². The number of aliphatic carboxylic acids is 1. The quantitative estimate of drug-likeness (QED) is 0.483. The molecule has 1 N–H and O–H groups in total. The Bertz CT molecular complexity index is 336. The highest BCUT2D eigenvalue weighted by molar-refractivity contribution is 5.99. The Hall–Kier alpha value is -1.06. The molecule has 0 bridgehead atoms. The first-order valence-corrected chi connectivity index (χ1v) is 8.16. The summed E-state index contributed by atoms with van der Waals surface area (Å²) in [6.45, 7) is 11.6. The van der Waals surface area contributed by atoms with Crippen molar-refractivity contribution >= 4 is 11.9 Å². The van der Waals surface area contributed by atoms with E-state index >= 15 is 0 Å². The maximum atomic E-state index is 12.6. The molecule has 0 saturated carbocycles. The molecule has 0 aromatic rings. The Morgan fingerprint density at radius 1 is 1.10 bits per heavy atom. The largest absolute Gasteiger partial charge is 0.480 e. The first-order chi connectivity index (χ1) is 9.72. The zero-order valence-electron chi connectivity index (χ0n) is 14.4. The number of carbonyl (C=O) groups is 2. The summed E-state index contributed by atoms with van der Waals surface area (Å²) in [6.07, 6.45) is 3.26. The highest BCUT2D eigenvalue weighted by atomic mass is 16.5. The number of carbonyl (C=O) groups excluding carboxylic acids is 1. The van der Waals surface area contributed by atoms with Crippen molar-refractivity contribution < 1.29 is 19.4 Å². The SMILES string of the molecule is CCCC(CC)OC(=O)C(CCC(C)C)(C(=O)O)C(C)C. The molecule has 2 unspecified atom stereocenters. The van der Waals surface area contributed by atoms with E-state index in [4.69, 9.17) is 4.74 Å². The van der Waals surface area contributed by atoms with Crippen molar-refractivity contribution in [3.8, 4) is 0 Å². The standard InChI is InChI=1S/C17H32O4/c1-7-9-14(8-2)21-16(20)17(13(5)6,15(18)19)11-10-12(3)4/h12-14H,7-11H2,1-6H3,(H,18,19). The summed E-state index contributed by atoms with van der Waals surface area (Å²) in [5, 5.41) is 9.69. The Kier molecular flexibility index (Phi) is 8.60. The fraction of sp³-hybridized carbons (Fsp3) is 0.882. The predicted molar refractivity (Wildman–Crippen MR) is 84.1 cm³/mol. The first-order valence-electron chi connectivity index (χ1n) is 8.16. The van der Waals surface area contributed by atoms with Crippen molar-refractivity contribution in [2.45, 2.75) is 79.8 Å². The van der Waals surface area contributed by atoms with Crippen LogP contribution in [0.5, 0.6) is 0 Å². The number of carboxylic acid groups (broad SMARTS) is 1. The van der Waals surface area contributed by atoms with Crippen LogP contribution in [0.2, 0.25) is 0 Å². The molecule has 0 spiro atoms. The monoisotopic (exact) mass is 300 g/mol. The molecule has 0 aliphatic heterocycles. The van der Waals surface area contributed by atoms with Gasteiger partial charge in [0.1, 0.15) is 6.10 Å². The fourth-order valence-electron chi connectivity index (χ4n) is 2.51. The van der Waals surface area contributed by atoms with Crippen LogP contribution in [0.4, 0.5) is 0 Å². The van der Waals surface area contributed by atoms with E-state index in [9.17, 15) is 14.7 Å². The van der Waals surface area contributed by atoms with Gasteiger partial charge < -0.3 is 9.84 Å². The lowest BCUT2D eigenvalue weighted by Gasteiger charge is -2.33. The third kappa shape index (κ3) is 5.33. The van der Waals surface area contributed by atoms with Crippen LogP contribution in [0.25, 0.3) is 0 Å². The fourth-order valence-corrected chi connectivity index (χ4v) is 2.51. The van der Waals surface area contributed by atoms with Gasteiger partial charge in [-0.2, -0.15) is 0 Å². The molecule has 4 nitrogen and oxygen atoms in total. The molecule has 0 fully saturated rings. The van der Waals surface area contributed by atoms with Crippen molar-refractivity contribution in [1.82, 2.24) is 0 Å². The van der Waals surface area contributed by atoms with Gasteiger partial charge in [0.15, 0.2) is 5.41 Å². The summed E-state index contributed by atoms with van der Waals surface area (Å²) in [7, 11) is 0. The molecule has 21 heavy (non-hydrogen) atoms. The number of rotatable bonds is 10. The summed E-state index contributed by atoms with van der Waals surface area (Å²) >= 11 is 0. The molecule has 0 saturated heterocycles. The molecule has 0 amide bonds. The maximum Gasteiger partial charge on any atom is 0.324 e. The van der Waals surface area contributed by atoms with Gasteiger partial charge in [0.05, 0.1) is 0 Å². The van der Waals surface area contributed by atoms with E-state index < -0.39 is 17.4 Å². The lowest BCUT2D eigenvalue weighted by Crippen LogP contribution is -2.46. The summed E-state index contributed by atoms with van der Waals surface area (Å²) in [4.78, 5) is 24.4. The molecule has 0 rings (SSSR count). The van der Waals surface area contributed by atoms with Crippen LogP contribution in [0, 0.1) is 17.3 Å². The lowest BCUT2D eigenvalue weighted by atomic mass is 9.72. The normalized spacial score (nSPS) is 15.8. The third-order valence-corrected chi connectivity index (χ3v) is 4.19. The first kappa shape index (κ1) is 19.9. The average Bonchev–Trinajstić information content (AvgIpc) is 2.37. The minimum absolute atomic E-state index is 0.181. The molecule has 0 aromatic carbocycles. The summed E-state index contributed by atoms with van der Waals surface area (Å²) < 4.78 is 5.54. The van der Waals surface area contributed by atoms with Gasteiger partial charge >= 0.3 is 11.9 Å². The molecule has 0 aromatic heterocycles. The maximum absolute atomic E-state index is 12.6. The van der Waals surface area contributed by atoms with Gasteiger partial charge in [-0.05, 0) is 37.5 Å². The Morgan fingerprint density at radius 2 is 1.67 bits per heavy atom. The summed E-state index contributed by atoms with van der Waals surface area (Å²) in [5.74, 6) is -1.56. The molecule has 4 heteroatoms. The second-order valence-corrected chi connectivity index (χ2v) is 6.59. The van der Waals surface area contributed by atoms with Gasteiger partial charge in [-0.1, -0.05) is 48.0 Å². The van der Waals surface area contributed by atoms with Crippen molar-refractivity contribution in [2.75, 3.05) is 0 Å². The van der Waals surface area contributed by atoms with Crippen LogP contribution >= 0.6 is 0 Å². The van der Waals surface area contributed by atoms with Crippen molar-refractivity contribution in [3.63, 3.8) is 0 Å².